The summed E-state index contributed by atoms with van der Waals surface area (Å²) in [5.41, 5.74) is 11.9. The topological polar surface area (TPSA) is 50.7 Å². The van der Waals surface area contributed by atoms with Crippen LogP contribution in [0.5, 0.6) is 0 Å². The molecule has 0 radical (unpaired) electrons. The lowest BCUT2D eigenvalue weighted by atomic mass is 9.88. The zero-order valence-corrected chi connectivity index (χ0v) is 15.8. The minimum absolute atomic E-state index is 0.0993. The molecule has 0 fully saturated rings. The van der Waals surface area contributed by atoms with Crippen molar-refractivity contribution >= 4 is 33.7 Å². The largest absolute Gasteiger partial charge is 0.400 e. The average Bonchev–Trinajstić information content (AvgIpc) is 2.75. The first-order chi connectivity index (χ1) is 14.3. The molecule has 4 aromatic rings. The summed E-state index contributed by atoms with van der Waals surface area (Å²) in [5.74, 6) is 0. The minimum Gasteiger partial charge on any atom is -0.400 e. The molecule has 2 aliphatic rings. The van der Waals surface area contributed by atoms with Crippen molar-refractivity contribution in [1.82, 2.24) is 0 Å². The molecule has 4 aromatic carbocycles. The Morgan fingerprint density at radius 2 is 1.28 bits per heavy atom. The number of benzene rings is 4. The molecule has 0 aromatic heterocycles. The molecule has 2 aliphatic carbocycles. The normalized spacial score (nSPS) is 19.8. The fourth-order valence-electron chi connectivity index (χ4n) is 4.64. The van der Waals surface area contributed by atoms with Gasteiger partial charge in [0.2, 0.25) is 0 Å². The van der Waals surface area contributed by atoms with E-state index >= 15 is 0 Å². The molecule has 2 unspecified atom stereocenters. The highest BCUT2D eigenvalue weighted by Gasteiger charge is 2.23. The minimum atomic E-state index is -0.252. The maximum absolute atomic E-state index is 6.43. The summed E-state index contributed by atoms with van der Waals surface area (Å²) in [4.78, 5) is 0. The SMILES string of the molecule is NC1=Cc2cccc3cccc(c23)C1N=NC1C=Cc2cccc3cccc1c23. The first-order valence-electron chi connectivity index (χ1n) is 9.88. The van der Waals surface area contributed by atoms with E-state index in [2.05, 4.69) is 84.9 Å². The van der Waals surface area contributed by atoms with Gasteiger partial charge in [-0.25, -0.2) is 0 Å². The molecular weight excluding hydrogens is 354 g/mol. The van der Waals surface area contributed by atoms with E-state index in [-0.39, 0.29) is 12.1 Å². The molecule has 0 amide bonds. The van der Waals surface area contributed by atoms with Crippen molar-refractivity contribution in [2.75, 3.05) is 0 Å². The summed E-state index contributed by atoms with van der Waals surface area (Å²) in [6, 6.07) is 25.0. The van der Waals surface area contributed by atoms with Crippen LogP contribution in [0.4, 0.5) is 0 Å². The summed E-state index contributed by atoms with van der Waals surface area (Å²) in [6.45, 7) is 0. The highest BCUT2D eigenvalue weighted by molar-refractivity contribution is 5.97. The fraction of sp³-hybridized carbons (Fsp3) is 0.0769. The molecule has 0 bridgehead atoms. The number of hydrogen-bond acceptors (Lipinski definition) is 3. The summed E-state index contributed by atoms with van der Waals surface area (Å²) in [6.07, 6.45) is 6.30. The average molecular weight is 373 g/mol. The number of nitrogens with zero attached hydrogens (tertiary/aromatic N) is 2. The number of hydrogen-bond donors (Lipinski definition) is 1. The Hall–Kier alpha value is -3.72. The van der Waals surface area contributed by atoms with Gasteiger partial charge in [-0.3, -0.25) is 0 Å². The van der Waals surface area contributed by atoms with Crippen LogP contribution >= 0.6 is 0 Å². The molecule has 0 heterocycles. The first-order valence-corrected chi connectivity index (χ1v) is 9.88. The van der Waals surface area contributed by atoms with Gasteiger partial charge in [-0.1, -0.05) is 84.9 Å². The van der Waals surface area contributed by atoms with Crippen LogP contribution in [0.15, 0.2) is 94.8 Å². The number of nitrogens with two attached hydrogens (primary N) is 1. The molecule has 29 heavy (non-hydrogen) atoms. The second-order valence-electron chi connectivity index (χ2n) is 7.67. The quantitative estimate of drug-likeness (QED) is 0.397. The van der Waals surface area contributed by atoms with Gasteiger partial charge in [0, 0.05) is 5.70 Å². The summed E-state index contributed by atoms with van der Waals surface area (Å²) in [7, 11) is 0. The van der Waals surface area contributed by atoms with E-state index in [1.807, 2.05) is 6.08 Å². The Labute approximate surface area is 168 Å². The molecule has 3 nitrogen and oxygen atoms in total. The molecule has 138 valence electrons. The van der Waals surface area contributed by atoms with Crippen LogP contribution < -0.4 is 5.73 Å². The van der Waals surface area contributed by atoms with Crippen LogP contribution in [0, 0.1) is 0 Å². The van der Waals surface area contributed by atoms with Crippen LogP contribution in [0.25, 0.3) is 33.7 Å². The van der Waals surface area contributed by atoms with E-state index in [1.165, 1.54) is 32.7 Å². The van der Waals surface area contributed by atoms with Gasteiger partial charge in [0.15, 0.2) is 0 Å². The van der Waals surface area contributed by atoms with E-state index in [0.717, 1.165) is 16.8 Å². The van der Waals surface area contributed by atoms with Crippen LogP contribution in [-0.4, -0.2) is 0 Å². The van der Waals surface area contributed by atoms with Crippen LogP contribution in [0.2, 0.25) is 0 Å². The molecule has 0 spiro atoms. The second kappa shape index (κ2) is 6.14. The molecule has 0 saturated heterocycles. The summed E-state index contributed by atoms with van der Waals surface area (Å²) < 4.78 is 0. The zero-order valence-electron chi connectivity index (χ0n) is 15.8. The molecule has 2 N–H and O–H groups in total. The van der Waals surface area contributed by atoms with Gasteiger partial charge in [0.1, 0.15) is 12.1 Å². The first kappa shape index (κ1) is 16.3. The third-order valence-electron chi connectivity index (χ3n) is 5.95. The Morgan fingerprint density at radius 1 is 0.655 bits per heavy atom. The smallest absolute Gasteiger partial charge is 0.136 e. The van der Waals surface area contributed by atoms with E-state index in [1.54, 1.807) is 0 Å². The van der Waals surface area contributed by atoms with Crippen molar-refractivity contribution in [1.29, 1.82) is 0 Å². The van der Waals surface area contributed by atoms with Crippen molar-refractivity contribution in [2.24, 2.45) is 16.0 Å². The maximum atomic E-state index is 6.43. The Morgan fingerprint density at radius 3 is 2.03 bits per heavy atom. The second-order valence-corrected chi connectivity index (χ2v) is 7.67. The molecule has 3 heteroatoms. The predicted molar refractivity (Wildman–Crippen MR) is 119 cm³/mol. The third-order valence-corrected chi connectivity index (χ3v) is 5.95. The molecule has 6 rings (SSSR count). The van der Waals surface area contributed by atoms with Crippen molar-refractivity contribution in [2.45, 2.75) is 12.1 Å². The number of rotatable bonds is 2. The Kier molecular flexibility index (Phi) is 3.44. The van der Waals surface area contributed by atoms with E-state index in [4.69, 9.17) is 16.0 Å². The summed E-state index contributed by atoms with van der Waals surface area (Å²) in [5, 5.41) is 14.4. The Bertz CT molecular complexity index is 1370. The van der Waals surface area contributed by atoms with Gasteiger partial charge in [-0.2, -0.15) is 10.2 Å². The number of azo groups is 1. The van der Waals surface area contributed by atoms with Gasteiger partial charge >= 0.3 is 0 Å². The van der Waals surface area contributed by atoms with Crippen LogP contribution in [-0.2, 0) is 0 Å². The van der Waals surface area contributed by atoms with Gasteiger partial charge in [0.25, 0.3) is 0 Å². The monoisotopic (exact) mass is 373 g/mol. The van der Waals surface area contributed by atoms with Gasteiger partial charge in [-0.15, -0.1) is 0 Å². The van der Waals surface area contributed by atoms with Crippen LogP contribution in [0.3, 0.4) is 0 Å². The fourth-order valence-corrected chi connectivity index (χ4v) is 4.64. The van der Waals surface area contributed by atoms with E-state index in [9.17, 15) is 0 Å². The van der Waals surface area contributed by atoms with Crippen molar-refractivity contribution < 1.29 is 0 Å². The van der Waals surface area contributed by atoms with Gasteiger partial charge in [0.05, 0.1) is 0 Å². The van der Waals surface area contributed by atoms with Crippen molar-refractivity contribution in [3.63, 3.8) is 0 Å². The third kappa shape index (κ3) is 2.44. The predicted octanol–water partition coefficient (Wildman–Crippen LogP) is 6.57. The molecule has 0 aliphatic heterocycles. The Balaban J connectivity index is 1.45. The van der Waals surface area contributed by atoms with Gasteiger partial charge in [-0.05, 0) is 49.9 Å². The van der Waals surface area contributed by atoms with Crippen LogP contribution in [0.1, 0.15) is 34.3 Å². The van der Waals surface area contributed by atoms with E-state index < -0.39 is 0 Å². The van der Waals surface area contributed by atoms with Gasteiger partial charge < -0.3 is 5.73 Å². The summed E-state index contributed by atoms with van der Waals surface area (Å²) >= 11 is 0. The standard InChI is InChI=1S/C26H19N3/c27-22-15-19-10-2-6-17-9-4-12-21(25(17)19)26(22)29-28-23-14-13-18-7-1-5-16-8-3-11-20(23)24(16)18/h1-15,23,26H,27H2. The van der Waals surface area contributed by atoms with Crippen molar-refractivity contribution in [3.05, 3.63) is 107 Å². The maximum Gasteiger partial charge on any atom is 0.136 e. The highest BCUT2D eigenvalue weighted by Crippen LogP contribution is 2.40. The lowest BCUT2D eigenvalue weighted by Gasteiger charge is -2.22. The lowest BCUT2D eigenvalue weighted by molar-refractivity contribution is 0.709. The molecular formula is C26H19N3. The highest BCUT2D eigenvalue weighted by atomic mass is 15.1. The molecule has 0 saturated carbocycles. The lowest BCUT2D eigenvalue weighted by Crippen LogP contribution is -2.12. The van der Waals surface area contributed by atoms with Crippen molar-refractivity contribution in [3.8, 4) is 0 Å². The van der Waals surface area contributed by atoms with E-state index in [0.29, 0.717) is 0 Å². The molecule has 2 atom stereocenters. The zero-order chi connectivity index (χ0) is 19.4.